The van der Waals surface area contributed by atoms with Gasteiger partial charge in [-0.25, -0.2) is 0 Å². The molecule has 0 radical (unpaired) electrons. The summed E-state index contributed by atoms with van der Waals surface area (Å²) in [5, 5.41) is 2.11. The molecule has 100 valence electrons. The van der Waals surface area contributed by atoms with Crippen LogP contribution >= 0.6 is 0 Å². The van der Waals surface area contributed by atoms with Gasteiger partial charge < -0.3 is 5.73 Å². The molecule has 2 rings (SSSR count). The van der Waals surface area contributed by atoms with Crippen LogP contribution in [0.15, 0.2) is 23.4 Å². The van der Waals surface area contributed by atoms with Crippen LogP contribution in [0.1, 0.15) is 19.8 Å². The molecule has 0 aromatic heterocycles. The molecule has 0 aromatic rings. The number of rotatable bonds is 2. The van der Waals surface area contributed by atoms with Crippen molar-refractivity contribution in [3.63, 3.8) is 0 Å². The predicted molar refractivity (Wildman–Crippen MR) is 64.1 cm³/mol. The van der Waals surface area contributed by atoms with Crippen LogP contribution in [0.3, 0.4) is 0 Å². The van der Waals surface area contributed by atoms with E-state index < -0.39 is 29.7 Å². The van der Waals surface area contributed by atoms with E-state index >= 15 is 0 Å². The molecule has 7 nitrogen and oxygen atoms in total. The van der Waals surface area contributed by atoms with Gasteiger partial charge in [0.15, 0.2) is 0 Å². The van der Waals surface area contributed by atoms with Crippen LogP contribution < -0.4 is 11.1 Å². The summed E-state index contributed by atoms with van der Waals surface area (Å²) < 4.78 is 0. The fourth-order valence-corrected chi connectivity index (χ4v) is 2.25. The predicted octanol–water partition coefficient (Wildman–Crippen LogP) is -1.05. The summed E-state index contributed by atoms with van der Waals surface area (Å²) in [5.74, 6) is -2.26. The first-order valence-electron chi connectivity index (χ1n) is 5.71. The SMILES string of the molecule is C=C(N)C1=C(C)C(=O)N(C2CCC(=O)NC2=O)C1=O. The number of nitrogens with one attached hydrogen (secondary N) is 1. The lowest BCUT2D eigenvalue weighted by atomic mass is 10.0. The van der Waals surface area contributed by atoms with Crippen LogP contribution in [0, 0.1) is 0 Å². The van der Waals surface area contributed by atoms with Crippen LogP contribution in [-0.4, -0.2) is 34.6 Å². The second kappa shape index (κ2) is 4.34. The minimum Gasteiger partial charge on any atom is -0.399 e. The first-order chi connectivity index (χ1) is 8.84. The maximum atomic E-state index is 12.1. The smallest absolute Gasteiger partial charge is 0.264 e. The van der Waals surface area contributed by atoms with Gasteiger partial charge in [-0.05, 0) is 13.3 Å². The second-order valence-corrected chi connectivity index (χ2v) is 4.47. The number of carbonyl (C=O) groups excluding carboxylic acids is 4. The number of carbonyl (C=O) groups is 4. The highest BCUT2D eigenvalue weighted by Crippen LogP contribution is 2.27. The number of hydrogen-bond acceptors (Lipinski definition) is 5. The zero-order chi connectivity index (χ0) is 14.3. The summed E-state index contributed by atoms with van der Waals surface area (Å²) >= 11 is 0. The fraction of sp³-hybridized carbons (Fsp3) is 0.333. The Labute approximate surface area is 109 Å². The molecule has 0 saturated carbocycles. The standard InChI is InChI=1S/C12H13N3O4/c1-5-9(6(2)13)12(19)15(11(5)18)7-3-4-8(16)14-10(7)17/h7H,2-4,13H2,1H3,(H,14,16,17). The van der Waals surface area contributed by atoms with Crippen molar-refractivity contribution in [3.05, 3.63) is 23.4 Å². The summed E-state index contributed by atoms with van der Waals surface area (Å²) in [7, 11) is 0. The van der Waals surface area contributed by atoms with E-state index in [1.807, 2.05) is 0 Å². The van der Waals surface area contributed by atoms with E-state index in [0.717, 1.165) is 4.90 Å². The first kappa shape index (κ1) is 13.0. The molecule has 0 bridgehead atoms. The van der Waals surface area contributed by atoms with Gasteiger partial charge in [0.25, 0.3) is 11.8 Å². The van der Waals surface area contributed by atoms with E-state index in [9.17, 15) is 19.2 Å². The number of nitrogens with zero attached hydrogens (tertiary/aromatic N) is 1. The van der Waals surface area contributed by atoms with E-state index in [-0.39, 0.29) is 29.7 Å². The lowest BCUT2D eigenvalue weighted by Crippen LogP contribution is -2.54. The molecule has 1 atom stereocenters. The highest BCUT2D eigenvalue weighted by atomic mass is 16.2. The quantitative estimate of drug-likeness (QED) is 0.618. The van der Waals surface area contributed by atoms with Gasteiger partial charge in [0, 0.05) is 17.7 Å². The lowest BCUT2D eigenvalue weighted by Gasteiger charge is -2.28. The van der Waals surface area contributed by atoms with Crippen molar-refractivity contribution in [2.24, 2.45) is 5.73 Å². The molecule has 1 unspecified atom stereocenters. The van der Waals surface area contributed by atoms with Gasteiger partial charge in [-0.3, -0.25) is 29.4 Å². The molecule has 2 heterocycles. The third kappa shape index (κ3) is 1.92. The Morgan fingerprint density at radius 3 is 2.42 bits per heavy atom. The van der Waals surface area contributed by atoms with Crippen LogP contribution in [0.4, 0.5) is 0 Å². The van der Waals surface area contributed by atoms with E-state index in [1.165, 1.54) is 6.92 Å². The van der Waals surface area contributed by atoms with Crippen LogP contribution in [0.2, 0.25) is 0 Å². The summed E-state index contributed by atoms with van der Waals surface area (Å²) in [6.45, 7) is 4.91. The van der Waals surface area contributed by atoms with Crippen molar-refractivity contribution in [1.82, 2.24) is 10.2 Å². The molecule has 2 aliphatic rings. The maximum Gasteiger partial charge on any atom is 0.264 e. The van der Waals surface area contributed by atoms with Crippen LogP contribution in [-0.2, 0) is 19.2 Å². The Morgan fingerprint density at radius 2 is 1.95 bits per heavy atom. The zero-order valence-electron chi connectivity index (χ0n) is 10.4. The maximum absolute atomic E-state index is 12.1. The number of amides is 4. The molecule has 3 N–H and O–H groups in total. The van der Waals surface area contributed by atoms with Crippen molar-refractivity contribution < 1.29 is 19.2 Å². The van der Waals surface area contributed by atoms with Gasteiger partial charge in [0.2, 0.25) is 11.8 Å². The largest absolute Gasteiger partial charge is 0.399 e. The third-order valence-electron chi connectivity index (χ3n) is 3.19. The van der Waals surface area contributed by atoms with Crippen molar-refractivity contribution in [3.8, 4) is 0 Å². The molecule has 19 heavy (non-hydrogen) atoms. The van der Waals surface area contributed by atoms with Gasteiger partial charge in [-0.2, -0.15) is 0 Å². The van der Waals surface area contributed by atoms with Gasteiger partial charge in [0.05, 0.1) is 5.57 Å². The average molecular weight is 263 g/mol. The number of hydrogen-bond donors (Lipinski definition) is 2. The summed E-state index contributed by atoms with van der Waals surface area (Å²) in [4.78, 5) is 47.8. The number of imide groups is 2. The van der Waals surface area contributed by atoms with Crippen LogP contribution in [0.5, 0.6) is 0 Å². The summed E-state index contributed by atoms with van der Waals surface area (Å²) in [6.07, 6.45) is 0.213. The van der Waals surface area contributed by atoms with Crippen molar-refractivity contribution in [2.45, 2.75) is 25.8 Å². The third-order valence-corrected chi connectivity index (χ3v) is 3.19. The Hall–Kier alpha value is -2.44. The minimum atomic E-state index is -0.968. The molecular weight excluding hydrogens is 250 g/mol. The molecule has 4 amide bonds. The Bertz CT molecular complexity index is 561. The normalized spacial score (nSPS) is 24.1. The highest BCUT2D eigenvalue weighted by Gasteiger charge is 2.44. The van der Waals surface area contributed by atoms with E-state index in [1.54, 1.807) is 0 Å². The molecule has 2 aliphatic heterocycles. The minimum absolute atomic E-state index is 0.00866. The molecule has 0 aromatic carbocycles. The molecular formula is C12H13N3O4. The fourth-order valence-electron chi connectivity index (χ4n) is 2.25. The van der Waals surface area contributed by atoms with Gasteiger partial charge in [-0.15, -0.1) is 0 Å². The Morgan fingerprint density at radius 1 is 1.32 bits per heavy atom. The lowest BCUT2D eigenvalue weighted by molar-refractivity contribution is -0.150. The van der Waals surface area contributed by atoms with Crippen molar-refractivity contribution in [2.75, 3.05) is 0 Å². The summed E-state index contributed by atoms with van der Waals surface area (Å²) in [5.41, 5.74) is 5.68. The molecule has 0 spiro atoms. The number of nitrogens with two attached hydrogens (primary N) is 1. The van der Waals surface area contributed by atoms with Crippen molar-refractivity contribution in [1.29, 1.82) is 0 Å². The van der Waals surface area contributed by atoms with Crippen LogP contribution in [0.25, 0.3) is 0 Å². The van der Waals surface area contributed by atoms with E-state index in [4.69, 9.17) is 5.73 Å². The Kier molecular flexibility index (Phi) is 2.97. The molecule has 7 heteroatoms. The topological polar surface area (TPSA) is 110 Å². The average Bonchev–Trinajstić information content (AvgIpc) is 2.52. The van der Waals surface area contributed by atoms with Gasteiger partial charge in [-0.1, -0.05) is 6.58 Å². The highest BCUT2D eigenvalue weighted by molar-refractivity contribution is 6.23. The monoisotopic (exact) mass is 263 g/mol. The molecule has 1 fully saturated rings. The number of piperidine rings is 1. The van der Waals surface area contributed by atoms with E-state index in [0.29, 0.717) is 0 Å². The van der Waals surface area contributed by atoms with Gasteiger partial charge in [0.1, 0.15) is 6.04 Å². The second-order valence-electron chi connectivity index (χ2n) is 4.47. The zero-order valence-corrected chi connectivity index (χ0v) is 10.4. The molecule has 0 aliphatic carbocycles. The summed E-state index contributed by atoms with van der Waals surface area (Å²) in [6, 6.07) is -0.968. The first-order valence-corrected chi connectivity index (χ1v) is 5.71. The van der Waals surface area contributed by atoms with Gasteiger partial charge >= 0.3 is 0 Å². The van der Waals surface area contributed by atoms with E-state index in [2.05, 4.69) is 11.9 Å². The molecule has 1 saturated heterocycles. The Balaban J connectivity index is 2.32. The van der Waals surface area contributed by atoms with Crippen molar-refractivity contribution >= 4 is 23.6 Å².